The molecule has 1 aromatic carbocycles. The van der Waals surface area contributed by atoms with E-state index in [9.17, 15) is 9.59 Å². The van der Waals surface area contributed by atoms with Gasteiger partial charge in [0.15, 0.2) is 5.11 Å². The molecule has 0 saturated carbocycles. The molecule has 1 rings (SSSR count). The quantitative estimate of drug-likeness (QED) is 0.820. The molecule has 0 atom stereocenters. The fraction of sp³-hybridized carbons (Fsp3) is 0.400. The predicted octanol–water partition coefficient (Wildman–Crippen LogP) is 2.39. The van der Waals surface area contributed by atoms with E-state index in [2.05, 4.69) is 10.6 Å². The predicted molar refractivity (Wildman–Crippen MR) is 88.3 cm³/mol. The maximum Gasteiger partial charge on any atom is 0.253 e. The lowest BCUT2D eigenvalue weighted by molar-refractivity contribution is -0.119. The van der Waals surface area contributed by atoms with Gasteiger partial charge in [-0.15, -0.1) is 0 Å². The molecule has 2 amide bonds. The summed E-state index contributed by atoms with van der Waals surface area (Å²) in [4.78, 5) is 25.1. The molecule has 0 spiro atoms. The van der Waals surface area contributed by atoms with Crippen LogP contribution < -0.4 is 10.6 Å². The third kappa shape index (κ3) is 5.15. The molecule has 0 aliphatic heterocycles. The van der Waals surface area contributed by atoms with Gasteiger partial charge in [0.1, 0.15) is 0 Å². The minimum Gasteiger partial charge on any atom is -0.339 e. The maximum atomic E-state index is 12.1. The normalized spacial score (nSPS) is 9.86. The van der Waals surface area contributed by atoms with Crippen LogP contribution in [0.4, 0.5) is 5.69 Å². The van der Waals surface area contributed by atoms with Gasteiger partial charge in [0.2, 0.25) is 5.91 Å². The SMILES string of the molecule is CCC(=O)NC(=S)Nc1ccc(C(=O)N(CC)CC)cc1. The van der Waals surface area contributed by atoms with Crippen molar-refractivity contribution in [2.45, 2.75) is 27.2 Å². The summed E-state index contributed by atoms with van der Waals surface area (Å²) in [5.41, 5.74) is 1.36. The van der Waals surface area contributed by atoms with Crippen molar-refractivity contribution in [2.24, 2.45) is 0 Å². The molecule has 0 aliphatic carbocycles. The number of rotatable bonds is 5. The summed E-state index contributed by atoms with van der Waals surface area (Å²) >= 11 is 5.02. The van der Waals surface area contributed by atoms with Crippen LogP contribution in [-0.2, 0) is 4.79 Å². The lowest BCUT2D eigenvalue weighted by Crippen LogP contribution is -2.33. The highest BCUT2D eigenvalue weighted by Gasteiger charge is 2.12. The monoisotopic (exact) mass is 307 g/mol. The highest BCUT2D eigenvalue weighted by molar-refractivity contribution is 7.80. The number of nitrogens with one attached hydrogen (secondary N) is 2. The number of thiocarbonyl (C=S) groups is 1. The lowest BCUT2D eigenvalue weighted by atomic mass is 10.2. The number of carbonyl (C=O) groups is 2. The van der Waals surface area contributed by atoms with E-state index >= 15 is 0 Å². The Bertz CT molecular complexity index is 510. The average Bonchev–Trinajstić information content (AvgIpc) is 2.48. The molecule has 0 radical (unpaired) electrons. The maximum absolute atomic E-state index is 12.1. The van der Waals surface area contributed by atoms with Gasteiger partial charge in [-0.05, 0) is 50.3 Å². The molecule has 114 valence electrons. The van der Waals surface area contributed by atoms with Crippen LogP contribution in [0.15, 0.2) is 24.3 Å². The van der Waals surface area contributed by atoms with Crippen molar-refractivity contribution in [1.82, 2.24) is 10.2 Å². The second-order valence-electron chi connectivity index (χ2n) is 4.41. The van der Waals surface area contributed by atoms with Crippen molar-refractivity contribution in [3.8, 4) is 0 Å². The van der Waals surface area contributed by atoms with Gasteiger partial charge in [0.25, 0.3) is 5.91 Å². The fourth-order valence-corrected chi connectivity index (χ4v) is 2.00. The van der Waals surface area contributed by atoms with E-state index in [0.29, 0.717) is 25.1 Å². The molecular formula is C15H21N3O2S. The van der Waals surface area contributed by atoms with E-state index in [1.54, 1.807) is 36.1 Å². The van der Waals surface area contributed by atoms with Gasteiger partial charge in [-0.1, -0.05) is 6.92 Å². The van der Waals surface area contributed by atoms with Crippen LogP contribution in [0.1, 0.15) is 37.6 Å². The van der Waals surface area contributed by atoms with Gasteiger partial charge < -0.3 is 15.5 Å². The standard InChI is InChI=1S/C15H21N3O2S/c1-4-13(19)17-15(21)16-12-9-7-11(8-10-12)14(20)18(5-2)6-3/h7-10H,4-6H2,1-3H3,(H2,16,17,19,21). The van der Waals surface area contributed by atoms with Gasteiger partial charge in [-0.2, -0.15) is 0 Å². The molecule has 0 unspecified atom stereocenters. The third-order valence-electron chi connectivity index (χ3n) is 3.01. The largest absolute Gasteiger partial charge is 0.339 e. The van der Waals surface area contributed by atoms with Gasteiger partial charge in [0.05, 0.1) is 0 Å². The highest BCUT2D eigenvalue weighted by atomic mass is 32.1. The second-order valence-corrected chi connectivity index (χ2v) is 4.82. The Balaban J connectivity index is 2.68. The van der Waals surface area contributed by atoms with E-state index in [-0.39, 0.29) is 16.9 Å². The van der Waals surface area contributed by atoms with E-state index < -0.39 is 0 Å². The Hall–Kier alpha value is -1.95. The van der Waals surface area contributed by atoms with Crippen molar-refractivity contribution < 1.29 is 9.59 Å². The number of carbonyl (C=O) groups excluding carboxylic acids is 2. The summed E-state index contributed by atoms with van der Waals surface area (Å²) in [7, 11) is 0. The van der Waals surface area contributed by atoms with Gasteiger partial charge >= 0.3 is 0 Å². The molecule has 6 heteroatoms. The van der Waals surface area contributed by atoms with Crippen LogP contribution in [-0.4, -0.2) is 34.9 Å². The van der Waals surface area contributed by atoms with Crippen LogP contribution in [0.25, 0.3) is 0 Å². The molecule has 0 aliphatic rings. The molecule has 0 aromatic heterocycles. The Morgan fingerprint density at radius 2 is 1.67 bits per heavy atom. The number of anilines is 1. The highest BCUT2D eigenvalue weighted by Crippen LogP contribution is 2.11. The first-order chi connectivity index (χ1) is 10.0. The minimum atomic E-state index is -0.138. The Morgan fingerprint density at radius 1 is 1.10 bits per heavy atom. The van der Waals surface area contributed by atoms with E-state index in [1.165, 1.54) is 0 Å². The molecule has 0 saturated heterocycles. The summed E-state index contributed by atoms with van der Waals surface area (Å²) in [5, 5.41) is 5.72. The zero-order chi connectivity index (χ0) is 15.8. The van der Waals surface area contributed by atoms with Gasteiger partial charge in [-0.3, -0.25) is 9.59 Å². The molecule has 5 nitrogen and oxygen atoms in total. The van der Waals surface area contributed by atoms with Crippen LogP contribution in [0.2, 0.25) is 0 Å². The third-order valence-corrected chi connectivity index (χ3v) is 3.22. The number of hydrogen-bond acceptors (Lipinski definition) is 3. The second kappa shape index (κ2) is 8.36. The van der Waals surface area contributed by atoms with Gasteiger partial charge in [0, 0.05) is 30.8 Å². The lowest BCUT2D eigenvalue weighted by Gasteiger charge is -2.18. The zero-order valence-electron chi connectivity index (χ0n) is 12.6. The van der Waals surface area contributed by atoms with Crippen LogP contribution in [0.3, 0.4) is 0 Å². The number of hydrogen-bond donors (Lipinski definition) is 2. The van der Waals surface area contributed by atoms with Crippen LogP contribution in [0, 0.1) is 0 Å². The molecule has 21 heavy (non-hydrogen) atoms. The van der Waals surface area contributed by atoms with Gasteiger partial charge in [-0.25, -0.2) is 0 Å². The summed E-state index contributed by atoms with van der Waals surface area (Å²) in [6.45, 7) is 7.02. The smallest absolute Gasteiger partial charge is 0.253 e. The molecular weight excluding hydrogens is 286 g/mol. The first-order valence-electron chi connectivity index (χ1n) is 7.01. The molecule has 2 N–H and O–H groups in total. The molecule has 0 bridgehead atoms. The first kappa shape index (κ1) is 17.1. The molecule has 0 fully saturated rings. The summed E-state index contributed by atoms with van der Waals surface area (Å²) in [5.74, 6) is -0.130. The fourth-order valence-electron chi connectivity index (χ4n) is 1.77. The zero-order valence-corrected chi connectivity index (χ0v) is 13.4. The van der Waals surface area contributed by atoms with Crippen molar-refractivity contribution in [3.63, 3.8) is 0 Å². The molecule has 1 aromatic rings. The minimum absolute atomic E-state index is 0.00779. The first-order valence-corrected chi connectivity index (χ1v) is 7.42. The van der Waals surface area contributed by atoms with E-state index in [1.807, 2.05) is 13.8 Å². The summed E-state index contributed by atoms with van der Waals surface area (Å²) < 4.78 is 0. The number of nitrogens with zero attached hydrogens (tertiary/aromatic N) is 1. The Labute approximate surface area is 130 Å². The van der Waals surface area contributed by atoms with E-state index in [0.717, 1.165) is 5.69 Å². The Morgan fingerprint density at radius 3 is 2.14 bits per heavy atom. The average molecular weight is 307 g/mol. The van der Waals surface area contributed by atoms with Crippen molar-refractivity contribution in [1.29, 1.82) is 0 Å². The topological polar surface area (TPSA) is 61.4 Å². The van der Waals surface area contributed by atoms with Crippen LogP contribution >= 0.6 is 12.2 Å². The van der Waals surface area contributed by atoms with Crippen molar-refractivity contribution in [2.75, 3.05) is 18.4 Å². The van der Waals surface area contributed by atoms with Crippen molar-refractivity contribution in [3.05, 3.63) is 29.8 Å². The summed E-state index contributed by atoms with van der Waals surface area (Å²) in [6.07, 6.45) is 0.374. The number of amides is 2. The van der Waals surface area contributed by atoms with E-state index in [4.69, 9.17) is 12.2 Å². The molecule has 0 heterocycles. The summed E-state index contributed by atoms with van der Waals surface area (Å²) in [6, 6.07) is 7.02. The Kier molecular flexibility index (Phi) is 6.81. The van der Waals surface area contributed by atoms with Crippen LogP contribution in [0.5, 0.6) is 0 Å². The number of benzene rings is 1. The van der Waals surface area contributed by atoms with Crippen molar-refractivity contribution >= 4 is 34.8 Å².